The predicted molar refractivity (Wildman–Crippen MR) is 63.7 cm³/mol. The summed E-state index contributed by atoms with van der Waals surface area (Å²) >= 11 is 0. The van der Waals surface area contributed by atoms with Crippen LogP contribution in [0.3, 0.4) is 0 Å². The molecule has 4 heteroatoms. The number of carbonyl (C=O) groups is 1. The minimum atomic E-state index is -0.458. The second kappa shape index (κ2) is 5.19. The van der Waals surface area contributed by atoms with Gasteiger partial charge in [0.05, 0.1) is 6.61 Å². The van der Waals surface area contributed by atoms with Gasteiger partial charge in [-0.15, -0.1) is 0 Å². The Morgan fingerprint density at radius 1 is 1.47 bits per heavy atom. The first-order valence-electron chi connectivity index (χ1n) is 5.89. The summed E-state index contributed by atoms with van der Waals surface area (Å²) in [5, 5.41) is 0. The number of carbonyl (C=O) groups excluding carboxylic acids is 1. The topological polar surface area (TPSA) is 61.6 Å². The van der Waals surface area contributed by atoms with Crippen molar-refractivity contribution in [3.05, 3.63) is 29.8 Å². The van der Waals surface area contributed by atoms with Crippen molar-refractivity contribution < 1.29 is 14.3 Å². The summed E-state index contributed by atoms with van der Waals surface area (Å²) < 4.78 is 10.4. The van der Waals surface area contributed by atoms with Gasteiger partial charge in [-0.3, -0.25) is 0 Å². The number of rotatable bonds is 4. The third-order valence-electron chi connectivity index (χ3n) is 2.91. The fourth-order valence-corrected chi connectivity index (χ4v) is 1.78. The van der Waals surface area contributed by atoms with Gasteiger partial charge in [0, 0.05) is 12.5 Å². The molecule has 0 aliphatic carbocycles. The largest absolute Gasteiger partial charge is 0.479 e. The first kappa shape index (κ1) is 11.9. The van der Waals surface area contributed by atoms with Gasteiger partial charge in [-0.05, 0) is 24.1 Å². The molecule has 4 nitrogen and oxygen atoms in total. The zero-order chi connectivity index (χ0) is 12.3. The van der Waals surface area contributed by atoms with Crippen molar-refractivity contribution in [2.75, 3.05) is 6.61 Å². The average Bonchev–Trinajstić information content (AvgIpc) is 2.75. The monoisotopic (exact) mass is 235 g/mol. The minimum absolute atomic E-state index is 0.0560. The molecule has 0 radical (unpaired) electrons. The van der Waals surface area contributed by atoms with Crippen LogP contribution in [0.4, 0.5) is 0 Å². The summed E-state index contributed by atoms with van der Waals surface area (Å²) in [5.74, 6) is 0.403. The molecule has 0 amide bonds. The maximum atomic E-state index is 11.2. The summed E-state index contributed by atoms with van der Waals surface area (Å²) in [6.07, 6.45) is 1.06. The van der Waals surface area contributed by atoms with Crippen LogP contribution in [0.1, 0.15) is 31.4 Å². The fourth-order valence-electron chi connectivity index (χ4n) is 1.78. The van der Waals surface area contributed by atoms with E-state index in [-0.39, 0.29) is 12.0 Å². The van der Waals surface area contributed by atoms with Gasteiger partial charge in [0.1, 0.15) is 5.75 Å². The summed E-state index contributed by atoms with van der Waals surface area (Å²) in [6, 6.07) is 7.61. The molecule has 0 bridgehead atoms. The van der Waals surface area contributed by atoms with Crippen LogP contribution >= 0.6 is 0 Å². The van der Waals surface area contributed by atoms with Gasteiger partial charge in [-0.1, -0.05) is 19.1 Å². The molecule has 1 heterocycles. The molecule has 2 N–H and O–H groups in total. The molecule has 92 valence electrons. The molecule has 1 fully saturated rings. The van der Waals surface area contributed by atoms with Gasteiger partial charge < -0.3 is 15.2 Å². The van der Waals surface area contributed by atoms with Gasteiger partial charge >= 0.3 is 5.97 Å². The number of ether oxygens (including phenoxy) is 2. The standard InChI is InChI=1S/C13H17NO3/c1-2-11(14)9-3-5-10(6-4-9)17-12-7-8-16-13(12)15/h3-6,11-12H,2,7-8,14H2,1H3/t11-,12?/m0/s1. The van der Waals surface area contributed by atoms with E-state index >= 15 is 0 Å². The van der Waals surface area contributed by atoms with E-state index in [1.54, 1.807) is 0 Å². The van der Waals surface area contributed by atoms with E-state index in [1.807, 2.05) is 31.2 Å². The predicted octanol–water partition coefficient (Wildman–Crippen LogP) is 1.79. The highest BCUT2D eigenvalue weighted by molar-refractivity contribution is 5.76. The lowest BCUT2D eigenvalue weighted by Crippen LogP contribution is -2.21. The van der Waals surface area contributed by atoms with Crippen molar-refractivity contribution >= 4 is 5.97 Å². The van der Waals surface area contributed by atoms with E-state index in [0.29, 0.717) is 18.8 Å². The minimum Gasteiger partial charge on any atom is -0.479 e. The van der Waals surface area contributed by atoms with Crippen LogP contribution in [0.25, 0.3) is 0 Å². The number of esters is 1. The molecule has 1 saturated heterocycles. The van der Waals surface area contributed by atoms with E-state index in [1.165, 1.54) is 0 Å². The van der Waals surface area contributed by atoms with Crippen LogP contribution in [0.2, 0.25) is 0 Å². The van der Waals surface area contributed by atoms with Crippen LogP contribution in [0.5, 0.6) is 5.75 Å². The van der Waals surface area contributed by atoms with Crippen molar-refractivity contribution in [1.82, 2.24) is 0 Å². The average molecular weight is 235 g/mol. The molecule has 2 atom stereocenters. The van der Waals surface area contributed by atoms with Gasteiger partial charge in [-0.2, -0.15) is 0 Å². The molecule has 1 aliphatic heterocycles. The van der Waals surface area contributed by atoms with Crippen LogP contribution in [-0.4, -0.2) is 18.7 Å². The number of nitrogens with two attached hydrogens (primary N) is 1. The number of hydrogen-bond donors (Lipinski definition) is 1. The van der Waals surface area contributed by atoms with Crippen molar-refractivity contribution in [2.24, 2.45) is 5.73 Å². The van der Waals surface area contributed by atoms with Crippen LogP contribution in [0.15, 0.2) is 24.3 Å². The van der Waals surface area contributed by atoms with Crippen molar-refractivity contribution in [1.29, 1.82) is 0 Å². The summed E-state index contributed by atoms with van der Waals surface area (Å²) in [4.78, 5) is 11.2. The van der Waals surface area contributed by atoms with Gasteiger partial charge in [0.2, 0.25) is 0 Å². The normalized spacial score (nSPS) is 21.1. The van der Waals surface area contributed by atoms with E-state index in [9.17, 15) is 4.79 Å². The van der Waals surface area contributed by atoms with Crippen molar-refractivity contribution in [3.8, 4) is 5.75 Å². The number of cyclic esters (lactones) is 1. The SMILES string of the molecule is CC[C@H](N)c1ccc(OC2CCOC2=O)cc1. The fraction of sp³-hybridized carbons (Fsp3) is 0.462. The first-order valence-corrected chi connectivity index (χ1v) is 5.89. The van der Waals surface area contributed by atoms with Crippen molar-refractivity contribution in [2.45, 2.75) is 31.9 Å². The molecular formula is C13H17NO3. The summed E-state index contributed by atoms with van der Waals surface area (Å²) in [6.45, 7) is 2.49. The Kier molecular flexibility index (Phi) is 3.64. The third kappa shape index (κ3) is 2.77. The Morgan fingerprint density at radius 3 is 2.71 bits per heavy atom. The molecule has 1 unspecified atom stereocenters. The first-order chi connectivity index (χ1) is 8.20. The van der Waals surface area contributed by atoms with E-state index in [2.05, 4.69) is 0 Å². The lowest BCUT2D eigenvalue weighted by atomic mass is 10.1. The van der Waals surface area contributed by atoms with Gasteiger partial charge in [-0.25, -0.2) is 4.79 Å². The maximum Gasteiger partial charge on any atom is 0.347 e. The number of benzene rings is 1. The maximum absolute atomic E-state index is 11.2. The molecule has 0 aromatic heterocycles. The lowest BCUT2D eigenvalue weighted by molar-refractivity contribution is -0.143. The Hall–Kier alpha value is -1.55. The van der Waals surface area contributed by atoms with E-state index in [0.717, 1.165) is 12.0 Å². The second-order valence-electron chi connectivity index (χ2n) is 4.15. The zero-order valence-corrected chi connectivity index (χ0v) is 9.89. The molecule has 1 aromatic rings. The highest BCUT2D eigenvalue weighted by Crippen LogP contribution is 2.21. The van der Waals surface area contributed by atoms with Gasteiger partial charge in [0.25, 0.3) is 0 Å². The van der Waals surface area contributed by atoms with Crippen LogP contribution < -0.4 is 10.5 Å². The Bertz CT molecular complexity index is 388. The molecule has 1 aliphatic rings. The smallest absolute Gasteiger partial charge is 0.347 e. The lowest BCUT2D eigenvalue weighted by Gasteiger charge is -2.12. The third-order valence-corrected chi connectivity index (χ3v) is 2.91. The number of hydrogen-bond acceptors (Lipinski definition) is 4. The van der Waals surface area contributed by atoms with Crippen LogP contribution in [-0.2, 0) is 9.53 Å². The Labute approximate surface area is 101 Å². The second-order valence-corrected chi connectivity index (χ2v) is 4.15. The molecule has 1 aromatic carbocycles. The molecule has 0 saturated carbocycles. The van der Waals surface area contributed by atoms with Gasteiger partial charge in [0.15, 0.2) is 6.10 Å². The quantitative estimate of drug-likeness (QED) is 0.808. The summed E-state index contributed by atoms with van der Waals surface area (Å²) in [5.41, 5.74) is 6.99. The Balaban J connectivity index is 2.00. The molecule has 17 heavy (non-hydrogen) atoms. The summed E-state index contributed by atoms with van der Waals surface area (Å²) in [7, 11) is 0. The molecule has 0 spiro atoms. The zero-order valence-electron chi connectivity index (χ0n) is 9.89. The highest BCUT2D eigenvalue weighted by Gasteiger charge is 2.28. The van der Waals surface area contributed by atoms with E-state index in [4.69, 9.17) is 15.2 Å². The molecular weight excluding hydrogens is 218 g/mol. The van der Waals surface area contributed by atoms with E-state index < -0.39 is 6.10 Å². The molecule has 2 rings (SSSR count). The van der Waals surface area contributed by atoms with Crippen molar-refractivity contribution in [3.63, 3.8) is 0 Å². The Morgan fingerprint density at radius 2 is 2.18 bits per heavy atom. The highest BCUT2D eigenvalue weighted by atomic mass is 16.6. The van der Waals surface area contributed by atoms with Crippen LogP contribution in [0, 0.1) is 0 Å².